The molecule has 1 aliphatic rings. The molecule has 0 unspecified atom stereocenters. The zero-order valence-electron chi connectivity index (χ0n) is 20.1. The molecule has 1 saturated heterocycles. The van der Waals surface area contributed by atoms with Crippen molar-refractivity contribution in [1.29, 1.82) is 0 Å². The summed E-state index contributed by atoms with van der Waals surface area (Å²) < 4.78 is 5.39. The summed E-state index contributed by atoms with van der Waals surface area (Å²) in [4.78, 5) is 28.9. The molecule has 188 valence electrons. The SMILES string of the molecule is CCOc1ccc(C(=O)NC(=S)Nc2ccc(N3CCN(C(=O)CC(C)C)CC3)c(Cl)c2)cc1Cl. The van der Waals surface area contributed by atoms with Crippen LogP contribution >= 0.6 is 35.4 Å². The van der Waals surface area contributed by atoms with Crippen molar-refractivity contribution in [2.24, 2.45) is 5.92 Å². The Balaban J connectivity index is 1.55. The highest BCUT2D eigenvalue weighted by Gasteiger charge is 2.23. The number of anilines is 2. The molecule has 3 rings (SSSR count). The van der Waals surface area contributed by atoms with Crippen LogP contribution in [0, 0.1) is 5.92 Å². The molecule has 35 heavy (non-hydrogen) atoms. The predicted molar refractivity (Wildman–Crippen MR) is 146 cm³/mol. The highest BCUT2D eigenvalue weighted by Crippen LogP contribution is 2.30. The molecule has 2 N–H and O–H groups in total. The molecule has 0 saturated carbocycles. The van der Waals surface area contributed by atoms with E-state index in [1.807, 2.05) is 24.0 Å². The first kappa shape index (κ1) is 27.0. The topological polar surface area (TPSA) is 73.9 Å². The third-order valence-electron chi connectivity index (χ3n) is 5.48. The van der Waals surface area contributed by atoms with E-state index in [9.17, 15) is 9.59 Å². The van der Waals surface area contributed by atoms with Gasteiger partial charge in [-0.1, -0.05) is 37.0 Å². The van der Waals surface area contributed by atoms with E-state index in [0.29, 0.717) is 59.1 Å². The van der Waals surface area contributed by atoms with Gasteiger partial charge >= 0.3 is 0 Å². The van der Waals surface area contributed by atoms with Crippen molar-refractivity contribution >= 4 is 63.7 Å². The van der Waals surface area contributed by atoms with Crippen LogP contribution < -0.4 is 20.3 Å². The Hall–Kier alpha value is -2.55. The summed E-state index contributed by atoms with van der Waals surface area (Å²) >= 11 is 18.0. The van der Waals surface area contributed by atoms with Gasteiger partial charge in [-0.05, 0) is 61.5 Å². The number of benzene rings is 2. The maximum Gasteiger partial charge on any atom is 0.257 e. The second kappa shape index (κ2) is 12.4. The molecule has 2 aromatic rings. The number of halogens is 2. The molecule has 10 heteroatoms. The van der Waals surface area contributed by atoms with Crippen molar-refractivity contribution in [3.8, 4) is 5.75 Å². The van der Waals surface area contributed by atoms with Gasteiger partial charge in [-0.15, -0.1) is 0 Å². The lowest BCUT2D eigenvalue weighted by Gasteiger charge is -2.37. The van der Waals surface area contributed by atoms with E-state index in [2.05, 4.69) is 29.4 Å². The van der Waals surface area contributed by atoms with Crippen LogP contribution in [0.4, 0.5) is 11.4 Å². The van der Waals surface area contributed by atoms with Gasteiger partial charge in [0.05, 0.1) is 22.3 Å². The fraction of sp³-hybridized carbons (Fsp3) is 0.400. The van der Waals surface area contributed by atoms with Crippen LogP contribution in [0.25, 0.3) is 0 Å². The average molecular weight is 538 g/mol. The van der Waals surface area contributed by atoms with Crippen molar-refractivity contribution in [3.63, 3.8) is 0 Å². The number of nitrogens with one attached hydrogen (secondary N) is 2. The van der Waals surface area contributed by atoms with E-state index >= 15 is 0 Å². The van der Waals surface area contributed by atoms with Crippen LogP contribution in [-0.2, 0) is 4.79 Å². The smallest absolute Gasteiger partial charge is 0.257 e. The summed E-state index contributed by atoms with van der Waals surface area (Å²) in [5, 5.41) is 6.68. The zero-order valence-corrected chi connectivity index (χ0v) is 22.4. The van der Waals surface area contributed by atoms with Crippen LogP contribution in [0.15, 0.2) is 36.4 Å². The van der Waals surface area contributed by atoms with Gasteiger partial charge in [0.1, 0.15) is 5.75 Å². The Morgan fingerprint density at radius 2 is 1.77 bits per heavy atom. The van der Waals surface area contributed by atoms with E-state index < -0.39 is 0 Å². The second-order valence-corrected chi connectivity index (χ2v) is 9.84. The van der Waals surface area contributed by atoms with Crippen molar-refractivity contribution in [3.05, 3.63) is 52.0 Å². The molecular formula is C25H30Cl2N4O3S. The minimum absolute atomic E-state index is 0.140. The lowest BCUT2D eigenvalue weighted by Crippen LogP contribution is -2.49. The number of thiocarbonyl (C=S) groups is 1. The van der Waals surface area contributed by atoms with Gasteiger partial charge in [0.2, 0.25) is 5.91 Å². The molecule has 0 radical (unpaired) electrons. The lowest BCUT2D eigenvalue weighted by molar-refractivity contribution is -0.132. The molecule has 0 aromatic heterocycles. The third-order valence-corrected chi connectivity index (χ3v) is 6.28. The largest absolute Gasteiger partial charge is 0.492 e. The van der Waals surface area contributed by atoms with E-state index in [1.165, 1.54) is 6.07 Å². The standard InChI is InChI=1S/C25H30Cl2N4O3S/c1-4-34-22-8-5-17(14-20(22)27)24(33)29-25(35)28-18-6-7-21(19(26)15-18)30-9-11-31(12-10-30)23(32)13-16(2)3/h5-8,14-16H,4,9-13H2,1-3H3,(H2,28,29,33,35). The molecule has 1 aliphatic heterocycles. The van der Waals surface area contributed by atoms with Crippen molar-refractivity contribution in [1.82, 2.24) is 10.2 Å². The minimum atomic E-state index is -0.389. The van der Waals surface area contributed by atoms with Gasteiger partial charge < -0.3 is 19.9 Å². The number of hydrogen-bond acceptors (Lipinski definition) is 5. The first-order chi connectivity index (χ1) is 16.7. The van der Waals surface area contributed by atoms with Crippen molar-refractivity contribution in [2.75, 3.05) is 43.0 Å². The van der Waals surface area contributed by atoms with Gasteiger partial charge in [0.25, 0.3) is 5.91 Å². The summed E-state index contributed by atoms with van der Waals surface area (Å²) in [5.41, 5.74) is 1.91. The molecule has 1 heterocycles. The van der Waals surface area contributed by atoms with Crippen LogP contribution in [-0.4, -0.2) is 54.6 Å². The number of piperazine rings is 1. The highest BCUT2D eigenvalue weighted by atomic mass is 35.5. The van der Waals surface area contributed by atoms with E-state index in [1.54, 1.807) is 18.2 Å². The van der Waals surface area contributed by atoms with Gasteiger partial charge in [0.15, 0.2) is 5.11 Å². The second-order valence-electron chi connectivity index (χ2n) is 8.62. The minimum Gasteiger partial charge on any atom is -0.492 e. The zero-order chi connectivity index (χ0) is 25.5. The summed E-state index contributed by atoms with van der Waals surface area (Å²) in [6, 6.07) is 10.3. The van der Waals surface area contributed by atoms with Crippen molar-refractivity contribution in [2.45, 2.75) is 27.2 Å². The Morgan fingerprint density at radius 3 is 2.37 bits per heavy atom. The van der Waals surface area contributed by atoms with Gasteiger partial charge in [-0.25, -0.2) is 0 Å². The predicted octanol–water partition coefficient (Wildman–Crippen LogP) is 5.21. The molecule has 1 fully saturated rings. The maximum absolute atomic E-state index is 12.5. The van der Waals surface area contributed by atoms with Crippen molar-refractivity contribution < 1.29 is 14.3 Å². The summed E-state index contributed by atoms with van der Waals surface area (Å²) in [6.45, 7) is 9.23. The molecule has 0 bridgehead atoms. The molecule has 2 amide bonds. The number of ether oxygens (including phenoxy) is 1. The van der Waals surface area contributed by atoms with Gasteiger partial charge in [-0.3, -0.25) is 14.9 Å². The maximum atomic E-state index is 12.5. The molecule has 0 aliphatic carbocycles. The Morgan fingerprint density at radius 1 is 1.06 bits per heavy atom. The van der Waals surface area contributed by atoms with Gasteiger partial charge in [-0.2, -0.15) is 0 Å². The van der Waals surface area contributed by atoms with E-state index in [0.717, 1.165) is 18.8 Å². The van der Waals surface area contributed by atoms with Crippen LogP contribution in [0.2, 0.25) is 10.0 Å². The Labute approximate surface area is 221 Å². The summed E-state index contributed by atoms with van der Waals surface area (Å²) in [7, 11) is 0. The normalized spacial score (nSPS) is 13.5. The number of carbonyl (C=O) groups is 2. The Bertz CT molecular complexity index is 1090. The number of nitrogens with zero attached hydrogens (tertiary/aromatic N) is 2. The molecule has 0 spiro atoms. The van der Waals surface area contributed by atoms with E-state index in [-0.39, 0.29) is 16.9 Å². The quantitative estimate of drug-likeness (QED) is 0.473. The van der Waals surface area contributed by atoms with Crippen LogP contribution in [0.1, 0.15) is 37.6 Å². The number of hydrogen-bond donors (Lipinski definition) is 2. The lowest BCUT2D eigenvalue weighted by atomic mass is 10.1. The Kier molecular flexibility index (Phi) is 9.60. The fourth-order valence-corrected chi connectivity index (χ4v) is 4.51. The van der Waals surface area contributed by atoms with Crippen LogP contribution in [0.5, 0.6) is 5.75 Å². The molecule has 0 atom stereocenters. The highest BCUT2D eigenvalue weighted by molar-refractivity contribution is 7.80. The average Bonchev–Trinajstić information content (AvgIpc) is 2.80. The first-order valence-corrected chi connectivity index (χ1v) is 12.7. The summed E-state index contributed by atoms with van der Waals surface area (Å²) in [6.07, 6.45) is 0.573. The van der Waals surface area contributed by atoms with Gasteiger partial charge in [0, 0.05) is 43.9 Å². The fourth-order valence-electron chi connectivity index (χ4n) is 3.77. The molecule has 7 nitrogen and oxygen atoms in total. The van der Waals surface area contributed by atoms with Crippen LogP contribution in [0.3, 0.4) is 0 Å². The number of amides is 2. The first-order valence-electron chi connectivity index (χ1n) is 11.5. The monoisotopic (exact) mass is 536 g/mol. The summed E-state index contributed by atoms with van der Waals surface area (Å²) in [5.74, 6) is 0.683. The third kappa shape index (κ3) is 7.46. The number of carbonyl (C=O) groups excluding carboxylic acids is 2. The molecule has 2 aromatic carbocycles. The van der Waals surface area contributed by atoms with E-state index in [4.69, 9.17) is 40.2 Å². The molecular weight excluding hydrogens is 507 g/mol. The number of rotatable bonds is 7.